The molecule has 0 aliphatic heterocycles. The molecule has 0 saturated carbocycles. The number of ether oxygens (including phenoxy) is 4. The van der Waals surface area contributed by atoms with E-state index in [-0.39, 0.29) is 25.0 Å². The molecule has 0 aromatic heterocycles. The van der Waals surface area contributed by atoms with Crippen molar-refractivity contribution in [1.29, 1.82) is 0 Å². The van der Waals surface area contributed by atoms with Crippen LogP contribution >= 0.6 is 0 Å². The molecule has 0 unspecified atom stereocenters. The van der Waals surface area contributed by atoms with Gasteiger partial charge in [0.25, 0.3) is 0 Å². The van der Waals surface area contributed by atoms with Crippen LogP contribution in [0.25, 0.3) is 21.5 Å². The monoisotopic (exact) mass is 438 g/mol. The molecule has 3 rings (SSSR count). The zero-order chi connectivity index (χ0) is 23.4. The molecule has 3 aromatic carbocycles. The van der Waals surface area contributed by atoms with E-state index in [4.69, 9.17) is 18.9 Å². The second-order valence-electron chi connectivity index (χ2n) is 8.87. The van der Waals surface area contributed by atoms with Crippen LogP contribution in [0.2, 0.25) is 0 Å². The average molecular weight is 439 g/mol. The van der Waals surface area contributed by atoms with Gasteiger partial charge in [0.05, 0.1) is 13.2 Å². The van der Waals surface area contributed by atoms with Crippen LogP contribution in [-0.2, 0) is 9.47 Å². The standard InChI is InChI=1S/C26H30O6/c1-15(2)13-29-25(27)31-23-19-9-7-17(5)11-21(19)24(32-26(28)30-14-16(3)4)22-12-18(6)8-10-20(22)23/h7-12,15-16H,13-14H2,1-6H3. The zero-order valence-corrected chi connectivity index (χ0v) is 19.5. The maximum absolute atomic E-state index is 12.4. The number of fused-ring (bicyclic) bond motifs is 2. The molecule has 0 aliphatic rings. The Kier molecular flexibility index (Phi) is 7.23. The molecule has 0 atom stereocenters. The number of hydrogen-bond acceptors (Lipinski definition) is 6. The van der Waals surface area contributed by atoms with Crippen molar-refractivity contribution in [2.24, 2.45) is 11.8 Å². The summed E-state index contributed by atoms with van der Waals surface area (Å²) in [7, 11) is 0. The van der Waals surface area contributed by atoms with Gasteiger partial charge in [0.2, 0.25) is 0 Å². The predicted octanol–water partition coefficient (Wildman–Crippen LogP) is 6.95. The van der Waals surface area contributed by atoms with Gasteiger partial charge in [0.15, 0.2) is 0 Å². The summed E-state index contributed by atoms with van der Waals surface area (Å²) in [5.74, 6) is 1.12. The normalized spacial score (nSPS) is 11.2. The Balaban J connectivity index is 2.16. The molecule has 32 heavy (non-hydrogen) atoms. The highest BCUT2D eigenvalue weighted by Gasteiger charge is 2.22. The molecular weight excluding hydrogens is 408 g/mol. The van der Waals surface area contributed by atoms with Gasteiger partial charge in [-0.25, -0.2) is 9.59 Å². The van der Waals surface area contributed by atoms with E-state index >= 15 is 0 Å². The van der Waals surface area contributed by atoms with Crippen molar-refractivity contribution in [3.8, 4) is 11.5 Å². The SMILES string of the molecule is Cc1ccc2c(OC(=O)OCC(C)C)c3ccc(C)cc3c(OC(=O)OCC(C)C)c2c1. The second-order valence-corrected chi connectivity index (χ2v) is 8.87. The lowest BCUT2D eigenvalue weighted by molar-refractivity contribution is 0.0879. The zero-order valence-electron chi connectivity index (χ0n) is 19.5. The summed E-state index contributed by atoms with van der Waals surface area (Å²) in [4.78, 5) is 24.8. The summed E-state index contributed by atoms with van der Waals surface area (Å²) < 4.78 is 21.9. The highest BCUT2D eigenvalue weighted by Crippen LogP contribution is 2.43. The van der Waals surface area contributed by atoms with Gasteiger partial charge in [-0.2, -0.15) is 0 Å². The summed E-state index contributed by atoms with van der Waals surface area (Å²) in [5, 5.41) is 2.58. The van der Waals surface area contributed by atoms with Gasteiger partial charge in [-0.3, -0.25) is 0 Å². The summed E-state index contributed by atoms with van der Waals surface area (Å²) >= 11 is 0. The van der Waals surface area contributed by atoms with E-state index in [2.05, 4.69) is 0 Å². The lowest BCUT2D eigenvalue weighted by Gasteiger charge is -2.17. The molecule has 0 heterocycles. The number of rotatable bonds is 6. The molecule has 3 aromatic rings. The first-order valence-corrected chi connectivity index (χ1v) is 10.8. The third kappa shape index (κ3) is 5.49. The average Bonchev–Trinajstić information content (AvgIpc) is 2.73. The molecule has 0 bridgehead atoms. The van der Waals surface area contributed by atoms with Crippen LogP contribution in [0.15, 0.2) is 36.4 Å². The molecule has 170 valence electrons. The van der Waals surface area contributed by atoms with E-state index in [0.717, 1.165) is 11.1 Å². The van der Waals surface area contributed by atoms with Crippen LogP contribution in [0.5, 0.6) is 11.5 Å². The number of aryl methyl sites for hydroxylation is 2. The van der Waals surface area contributed by atoms with Gasteiger partial charge < -0.3 is 18.9 Å². The molecule has 0 radical (unpaired) electrons. The topological polar surface area (TPSA) is 71.1 Å². The Hall–Kier alpha value is -3.28. The van der Waals surface area contributed by atoms with Crippen LogP contribution in [0.4, 0.5) is 9.59 Å². The van der Waals surface area contributed by atoms with Gasteiger partial charge in [-0.05, 0) is 37.8 Å². The lowest BCUT2D eigenvalue weighted by atomic mass is 9.98. The van der Waals surface area contributed by atoms with Gasteiger partial charge in [0.1, 0.15) is 11.5 Å². The minimum absolute atomic E-state index is 0.188. The van der Waals surface area contributed by atoms with Crippen molar-refractivity contribution in [2.45, 2.75) is 41.5 Å². The summed E-state index contributed by atoms with van der Waals surface area (Å²) in [5.41, 5.74) is 1.94. The second kappa shape index (κ2) is 9.90. The Morgan fingerprint density at radius 2 is 1.03 bits per heavy atom. The van der Waals surface area contributed by atoms with Gasteiger partial charge in [-0.1, -0.05) is 63.1 Å². The Labute approximate surface area is 188 Å². The molecule has 6 heteroatoms. The van der Waals surface area contributed by atoms with Crippen molar-refractivity contribution in [3.05, 3.63) is 47.5 Å². The maximum atomic E-state index is 12.4. The summed E-state index contributed by atoms with van der Waals surface area (Å²) in [6.07, 6.45) is -1.54. The van der Waals surface area contributed by atoms with Crippen molar-refractivity contribution >= 4 is 33.9 Å². The number of carbonyl (C=O) groups is 2. The van der Waals surface area contributed by atoms with Crippen LogP contribution in [-0.4, -0.2) is 25.5 Å². The maximum Gasteiger partial charge on any atom is 0.513 e. The molecule has 6 nitrogen and oxygen atoms in total. The molecule has 0 spiro atoms. The van der Waals surface area contributed by atoms with Gasteiger partial charge >= 0.3 is 12.3 Å². The minimum atomic E-state index is -0.771. The van der Waals surface area contributed by atoms with E-state index in [9.17, 15) is 9.59 Å². The van der Waals surface area contributed by atoms with Gasteiger partial charge in [0, 0.05) is 21.5 Å². The highest BCUT2D eigenvalue weighted by molar-refractivity contribution is 6.12. The first kappa shape index (κ1) is 23.4. The fourth-order valence-corrected chi connectivity index (χ4v) is 3.29. The predicted molar refractivity (Wildman–Crippen MR) is 125 cm³/mol. The van der Waals surface area contributed by atoms with E-state index in [0.29, 0.717) is 33.0 Å². The quantitative estimate of drug-likeness (QED) is 0.235. The van der Waals surface area contributed by atoms with Crippen molar-refractivity contribution in [2.75, 3.05) is 13.2 Å². The number of carbonyl (C=O) groups excluding carboxylic acids is 2. The smallest absolute Gasteiger partial charge is 0.434 e. The Bertz CT molecular complexity index is 1080. The molecule has 0 aliphatic carbocycles. The number of benzene rings is 3. The fourth-order valence-electron chi connectivity index (χ4n) is 3.29. The molecule has 0 saturated heterocycles. The molecule has 0 fully saturated rings. The van der Waals surface area contributed by atoms with Gasteiger partial charge in [-0.15, -0.1) is 0 Å². The van der Waals surface area contributed by atoms with Crippen LogP contribution in [0, 0.1) is 25.7 Å². The van der Waals surface area contributed by atoms with E-state index in [1.54, 1.807) is 0 Å². The Morgan fingerprint density at radius 1 is 0.656 bits per heavy atom. The fraction of sp³-hybridized carbons (Fsp3) is 0.385. The third-order valence-electron chi connectivity index (χ3n) is 4.77. The van der Waals surface area contributed by atoms with Crippen molar-refractivity contribution in [3.63, 3.8) is 0 Å². The van der Waals surface area contributed by atoms with E-state index in [1.165, 1.54) is 0 Å². The minimum Gasteiger partial charge on any atom is -0.434 e. The molecular formula is C26H30O6. The van der Waals surface area contributed by atoms with Crippen LogP contribution in [0.3, 0.4) is 0 Å². The third-order valence-corrected chi connectivity index (χ3v) is 4.77. The Morgan fingerprint density at radius 3 is 1.41 bits per heavy atom. The van der Waals surface area contributed by atoms with Crippen molar-refractivity contribution < 1.29 is 28.5 Å². The summed E-state index contributed by atoms with van der Waals surface area (Å²) in [6.45, 7) is 12.2. The first-order valence-electron chi connectivity index (χ1n) is 10.8. The van der Waals surface area contributed by atoms with Crippen LogP contribution < -0.4 is 9.47 Å². The van der Waals surface area contributed by atoms with Crippen LogP contribution in [0.1, 0.15) is 38.8 Å². The largest absolute Gasteiger partial charge is 0.513 e. The molecule has 0 amide bonds. The summed E-state index contributed by atoms with van der Waals surface area (Å²) in [6, 6.07) is 11.3. The number of hydrogen-bond donors (Lipinski definition) is 0. The molecule has 0 N–H and O–H groups in total. The van der Waals surface area contributed by atoms with Crippen molar-refractivity contribution in [1.82, 2.24) is 0 Å². The van der Waals surface area contributed by atoms with E-state index < -0.39 is 12.3 Å². The first-order chi connectivity index (χ1) is 15.2. The lowest BCUT2D eigenvalue weighted by Crippen LogP contribution is -2.16. The van der Waals surface area contributed by atoms with E-state index in [1.807, 2.05) is 77.9 Å². The highest BCUT2D eigenvalue weighted by atomic mass is 16.7.